The number of alkyl halides is 2. The number of carbonyl (C=O) groups is 4. The van der Waals surface area contributed by atoms with Crippen LogP contribution in [0.1, 0.15) is 51.7 Å². The van der Waals surface area contributed by atoms with E-state index in [0.29, 0.717) is 16.8 Å². The minimum atomic E-state index is -3.11. The van der Waals surface area contributed by atoms with E-state index in [4.69, 9.17) is 0 Å². The highest BCUT2D eigenvalue weighted by Gasteiger charge is 2.39. The van der Waals surface area contributed by atoms with Gasteiger partial charge in [0.1, 0.15) is 6.04 Å². The molecule has 1 saturated heterocycles. The fraction of sp³-hybridized carbons (Fsp3) is 0.261. The van der Waals surface area contributed by atoms with Gasteiger partial charge in [-0.2, -0.15) is 0 Å². The van der Waals surface area contributed by atoms with Gasteiger partial charge in [-0.05, 0) is 36.2 Å². The van der Waals surface area contributed by atoms with Crippen molar-refractivity contribution in [3.8, 4) is 5.69 Å². The lowest BCUT2D eigenvalue weighted by atomic mass is 10.0. The number of nitrogens with one attached hydrogen (secondary N) is 2. The number of hydrogen-bond acceptors (Lipinski definition) is 7. The van der Waals surface area contributed by atoms with Crippen molar-refractivity contribution in [1.29, 1.82) is 0 Å². The number of benzene rings is 1. The van der Waals surface area contributed by atoms with E-state index in [-0.39, 0.29) is 48.1 Å². The van der Waals surface area contributed by atoms with Crippen molar-refractivity contribution in [2.75, 3.05) is 5.32 Å². The molecule has 5 rings (SSSR count). The summed E-state index contributed by atoms with van der Waals surface area (Å²) < 4.78 is 28.4. The number of piperidine rings is 1. The van der Waals surface area contributed by atoms with Crippen LogP contribution < -0.4 is 10.6 Å². The third kappa shape index (κ3) is 4.30. The minimum Gasteiger partial charge on any atom is -0.322 e. The van der Waals surface area contributed by atoms with E-state index in [1.807, 2.05) is 0 Å². The summed E-state index contributed by atoms with van der Waals surface area (Å²) in [6.45, 7) is 0.914. The smallest absolute Gasteiger partial charge is 0.277 e. The van der Waals surface area contributed by atoms with Gasteiger partial charge >= 0.3 is 0 Å². The van der Waals surface area contributed by atoms with Crippen LogP contribution in [0.25, 0.3) is 5.69 Å². The van der Waals surface area contributed by atoms with Gasteiger partial charge in [0.2, 0.25) is 11.8 Å². The second-order valence-electron chi connectivity index (χ2n) is 8.59. The predicted molar refractivity (Wildman–Crippen MR) is 119 cm³/mol. The Balaban J connectivity index is 1.32. The molecule has 11 nitrogen and oxygen atoms in total. The maximum absolute atomic E-state index is 13.5. The molecule has 13 heteroatoms. The van der Waals surface area contributed by atoms with Crippen LogP contribution in [0.3, 0.4) is 0 Å². The summed E-state index contributed by atoms with van der Waals surface area (Å²) in [6, 6.07) is 5.32. The number of amides is 4. The van der Waals surface area contributed by atoms with Gasteiger partial charge in [0.25, 0.3) is 17.7 Å². The first-order valence-corrected chi connectivity index (χ1v) is 10.9. The van der Waals surface area contributed by atoms with Crippen molar-refractivity contribution in [1.82, 2.24) is 30.2 Å². The van der Waals surface area contributed by atoms with Gasteiger partial charge in [0.15, 0.2) is 5.69 Å². The molecule has 0 aliphatic carbocycles. The number of anilines is 1. The number of hydrogen-bond donors (Lipinski definition) is 2. The molecule has 1 atom stereocenters. The van der Waals surface area contributed by atoms with Gasteiger partial charge in [0.05, 0.1) is 23.8 Å². The molecule has 4 heterocycles. The first-order valence-electron chi connectivity index (χ1n) is 10.9. The normalized spacial score (nSPS) is 17.7. The number of imide groups is 1. The largest absolute Gasteiger partial charge is 0.322 e. The van der Waals surface area contributed by atoms with E-state index >= 15 is 0 Å². The maximum Gasteiger partial charge on any atom is 0.277 e. The molecule has 2 aliphatic heterocycles. The standard InChI is InChI=1S/C23H19F2N7O4/c1-23(24,25)13-7-14(9-26-8-13)27-20(34)17-11-32(30-29-17)15-2-3-16-12(6-15)10-31(22(16)36)18-4-5-19(33)28-21(18)35/h2-3,6-9,11,18H,4-5,10H2,1H3,(H,27,34)(H,28,33,35). The third-order valence-electron chi connectivity index (χ3n) is 6.00. The minimum absolute atomic E-state index is 0.0644. The Bertz CT molecular complexity index is 1420. The SMILES string of the molecule is CC(F)(F)c1cncc(NC(=O)c2cn(-c3ccc4c(c3)CN(C3CCC(=O)NC3=O)C4=O)nn2)c1. The van der Waals surface area contributed by atoms with E-state index in [0.717, 1.165) is 19.2 Å². The number of halogens is 2. The molecule has 0 bridgehead atoms. The number of fused-ring (bicyclic) bond motifs is 1. The van der Waals surface area contributed by atoms with Gasteiger partial charge in [-0.1, -0.05) is 5.21 Å². The van der Waals surface area contributed by atoms with E-state index < -0.39 is 23.8 Å². The number of nitrogens with zero attached hydrogens (tertiary/aromatic N) is 5. The fourth-order valence-corrected chi connectivity index (χ4v) is 4.14. The summed E-state index contributed by atoms with van der Waals surface area (Å²) >= 11 is 0. The molecule has 1 unspecified atom stereocenters. The van der Waals surface area contributed by atoms with Crippen LogP contribution in [-0.4, -0.2) is 54.5 Å². The molecular weight excluding hydrogens is 476 g/mol. The first-order chi connectivity index (χ1) is 17.1. The van der Waals surface area contributed by atoms with E-state index in [1.54, 1.807) is 18.2 Å². The molecular formula is C23H19F2N7O4. The molecule has 0 radical (unpaired) electrons. The molecule has 1 fully saturated rings. The Labute approximate surface area is 202 Å². The van der Waals surface area contributed by atoms with Gasteiger partial charge < -0.3 is 10.2 Å². The molecule has 2 aliphatic rings. The lowest BCUT2D eigenvalue weighted by Gasteiger charge is -2.29. The highest BCUT2D eigenvalue weighted by molar-refractivity contribution is 6.05. The Morgan fingerprint density at radius 2 is 2.00 bits per heavy atom. The topological polar surface area (TPSA) is 139 Å². The van der Waals surface area contributed by atoms with Gasteiger partial charge in [-0.3, -0.25) is 29.5 Å². The van der Waals surface area contributed by atoms with E-state index in [9.17, 15) is 28.0 Å². The van der Waals surface area contributed by atoms with Crippen molar-refractivity contribution in [3.63, 3.8) is 0 Å². The second kappa shape index (κ2) is 8.59. The lowest BCUT2D eigenvalue weighted by molar-refractivity contribution is -0.136. The van der Waals surface area contributed by atoms with Crippen LogP contribution >= 0.6 is 0 Å². The summed E-state index contributed by atoms with van der Waals surface area (Å²) in [5.41, 5.74) is 1.28. The zero-order valence-electron chi connectivity index (χ0n) is 18.9. The maximum atomic E-state index is 13.5. The molecule has 184 valence electrons. The molecule has 0 spiro atoms. The van der Waals surface area contributed by atoms with Crippen molar-refractivity contribution < 1.29 is 28.0 Å². The Morgan fingerprint density at radius 1 is 1.19 bits per heavy atom. The molecule has 2 aromatic heterocycles. The van der Waals surface area contributed by atoms with Crippen LogP contribution in [0.5, 0.6) is 0 Å². The zero-order chi connectivity index (χ0) is 25.6. The summed E-state index contributed by atoms with van der Waals surface area (Å²) in [6.07, 6.45) is 4.03. The number of aromatic nitrogens is 4. The second-order valence-corrected chi connectivity index (χ2v) is 8.59. The average molecular weight is 495 g/mol. The van der Waals surface area contributed by atoms with E-state index in [1.165, 1.54) is 22.0 Å². The molecule has 0 saturated carbocycles. The van der Waals surface area contributed by atoms with Crippen LogP contribution in [0.2, 0.25) is 0 Å². The number of pyridine rings is 1. The number of carbonyl (C=O) groups excluding carboxylic acids is 4. The predicted octanol–water partition coefficient (Wildman–Crippen LogP) is 1.79. The van der Waals surface area contributed by atoms with Crippen molar-refractivity contribution in [2.24, 2.45) is 0 Å². The van der Waals surface area contributed by atoms with Crippen LogP contribution in [0.15, 0.2) is 42.9 Å². The third-order valence-corrected chi connectivity index (χ3v) is 6.00. The molecule has 4 amide bonds. The van der Waals surface area contributed by atoms with Crippen LogP contribution in [0.4, 0.5) is 14.5 Å². The highest BCUT2D eigenvalue weighted by Crippen LogP contribution is 2.30. The Kier molecular flexibility index (Phi) is 5.54. The fourth-order valence-electron chi connectivity index (χ4n) is 4.14. The van der Waals surface area contributed by atoms with E-state index in [2.05, 4.69) is 25.9 Å². The van der Waals surface area contributed by atoms with Crippen molar-refractivity contribution >= 4 is 29.3 Å². The van der Waals surface area contributed by atoms with Gasteiger partial charge in [-0.25, -0.2) is 13.5 Å². The molecule has 2 N–H and O–H groups in total. The first kappa shape index (κ1) is 23.2. The molecule has 36 heavy (non-hydrogen) atoms. The van der Waals surface area contributed by atoms with Gasteiger partial charge in [-0.15, -0.1) is 5.10 Å². The monoisotopic (exact) mass is 495 g/mol. The lowest BCUT2D eigenvalue weighted by Crippen LogP contribution is -2.52. The van der Waals surface area contributed by atoms with Crippen LogP contribution in [-0.2, 0) is 22.1 Å². The van der Waals surface area contributed by atoms with Gasteiger partial charge in [0, 0.05) is 37.2 Å². The summed E-state index contributed by atoms with van der Waals surface area (Å²) in [5, 5.41) is 12.5. The highest BCUT2D eigenvalue weighted by atomic mass is 19.3. The zero-order valence-corrected chi connectivity index (χ0v) is 18.9. The summed E-state index contributed by atoms with van der Waals surface area (Å²) in [4.78, 5) is 54.2. The summed E-state index contributed by atoms with van der Waals surface area (Å²) in [5.74, 6) is -4.94. The summed E-state index contributed by atoms with van der Waals surface area (Å²) in [7, 11) is 0. The van der Waals surface area contributed by atoms with Crippen LogP contribution in [0, 0.1) is 0 Å². The number of rotatable bonds is 5. The Hall–Kier alpha value is -4.55. The van der Waals surface area contributed by atoms with Crippen molar-refractivity contribution in [3.05, 3.63) is 65.2 Å². The van der Waals surface area contributed by atoms with Crippen molar-refractivity contribution in [2.45, 2.75) is 38.3 Å². The Morgan fingerprint density at radius 3 is 2.75 bits per heavy atom. The molecule has 1 aromatic carbocycles. The average Bonchev–Trinajstić information content (AvgIpc) is 3.44. The molecule has 3 aromatic rings. The quantitative estimate of drug-likeness (QED) is 0.515.